The summed E-state index contributed by atoms with van der Waals surface area (Å²) in [5, 5.41) is 0. The minimum atomic E-state index is -0.724. The quantitative estimate of drug-likeness (QED) is 0.680. The zero-order valence-corrected chi connectivity index (χ0v) is 10.5. The molecule has 6 nitrogen and oxygen atoms in total. The largest absolute Gasteiger partial charge is 0.458 e. The summed E-state index contributed by atoms with van der Waals surface area (Å²) in [6, 6.07) is 0. The van der Waals surface area contributed by atoms with Gasteiger partial charge in [-0.05, 0) is 6.92 Å². The molecule has 0 N–H and O–H groups in total. The van der Waals surface area contributed by atoms with Crippen LogP contribution in [0.15, 0.2) is 0 Å². The molecule has 0 spiro atoms. The number of rotatable bonds is 3. The highest BCUT2D eigenvalue weighted by molar-refractivity contribution is 5.67. The van der Waals surface area contributed by atoms with Gasteiger partial charge in [0.2, 0.25) is 0 Å². The molecule has 1 rings (SSSR count). The molecule has 1 fully saturated rings. The smallest absolute Gasteiger partial charge is 0.303 e. The van der Waals surface area contributed by atoms with Gasteiger partial charge in [0, 0.05) is 27.4 Å². The fourth-order valence-corrected chi connectivity index (χ4v) is 1.84. The molecule has 98 valence electrons. The van der Waals surface area contributed by atoms with E-state index in [1.165, 1.54) is 21.0 Å². The standard InChI is InChI=1S/C11H18O6/c1-6-5-9(16-7(2)12)10(17-8(3)13)11(14-4)15-6/h6,9-11H,5H2,1-4H3/t6-,9+,10-,11+/m1/s1. The summed E-state index contributed by atoms with van der Waals surface area (Å²) in [5.74, 6) is -0.886. The van der Waals surface area contributed by atoms with E-state index in [4.69, 9.17) is 18.9 Å². The van der Waals surface area contributed by atoms with Gasteiger partial charge < -0.3 is 18.9 Å². The highest BCUT2D eigenvalue weighted by Gasteiger charge is 2.41. The molecule has 0 radical (unpaired) electrons. The van der Waals surface area contributed by atoms with Gasteiger partial charge in [-0.15, -0.1) is 0 Å². The highest BCUT2D eigenvalue weighted by atomic mass is 16.7. The predicted octanol–water partition coefficient (Wildman–Crippen LogP) is 0.631. The second-order valence-corrected chi connectivity index (χ2v) is 4.01. The lowest BCUT2D eigenvalue weighted by atomic mass is 10.0. The van der Waals surface area contributed by atoms with Crippen LogP contribution in [-0.2, 0) is 28.5 Å². The third-order valence-electron chi connectivity index (χ3n) is 2.42. The molecule has 0 unspecified atom stereocenters. The third-order valence-corrected chi connectivity index (χ3v) is 2.42. The van der Waals surface area contributed by atoms with Crippen molar-refractivity contribution in [3.63, 3.8) is 0 Å². The van der Waals surface area contributed by atoms with Gasteiger partial charge in [0.05, 0.1) is 6.10 Å². The van der Waals surface area contributed by atoms with Crippen molar-refractivity contribution in [2.45, 2.75) is 51.8 Å². The van der Waals surface area contributed by atoms with Crippen LogP contribution in [0.2, 0.25) is 0 Å². The van der Waals surface area contributed by atoms with E-state index in [1.807, 2.05) is 6.92 Å². The van der Waals surface area contributed by atoms with Crippen LogP contribution < -0.4 is 0 Å². The average Bonchev–Trinajstić information content (AvgIpc) is 2.20. The number of carbonyl (C=O) groups is 2. The maximum absolute atomic E-state index is 11.0. The van der Waals surface area contributed by atoms with Crippen LogP contribution in [0.25, 0.3) is 0 Å². The van der Waals surface area contributed by atoms with E-state index in [1.54, 1.807) is 0 Å². The number of hydrogen-bond donors (Lipinski definition) is 0. The topological polar surface area (TPSA) is 71.1 Å². The van der Waals surface area contributed by atoms with E-state index in [0.29, 0.717) is 6.42 Å². The third kappa shape index (κ3) is 3.98. The lowest BCUT2D eigenvalue weighted by molar-refractivity contribution is -0.264. The summed E-state index contributed by atoms with van der Waals surface area (Å²) < 4.78 is 20.8. The van der Waals surface area contributed by atoms with Crippen molar-refractivity contribution in [3.8, 4) is 0 Å². The fraction of sp³-hybridized carbons (Fsp3) is 0.818. The van der Waals surface area contributed by atoms with Crippen molar-refractivity contribution in [2.75, 3.05) is 7.11 Å². The van der Waals surface area contributed by atoms with E-state index < -0.39 is 30.4 Å². The van der Waals surface area contributed by atoms with Crippen molar-refractivity contribution < 1.29 is 28.5 Å². The molecule has 1 heterocycles. The van der Waals surface area contributed by atoms with E-state index in [-0.39, 0.29) is 6.10 Å². The number of carbonyl (C=O) groups excluding carboxylic acids is 2. The molecule has 1 saturated heterocycles. The van der Waals surface area contributed by atoms with Crippen LogP contribution in [0.3, 0.4) is 0 Å². The molecule has 6 heteroatoms. The maximum Gasteiger partial charge on any atom is 0.303 e. The molecule has 0 aromatic rings. The molecule has 0 aliphatic carbocycles. The minimum absolute atomic E-state index is 0.129. The van der Waals surface area contributed by atoms with E-state index >= 15 is 0 Å². The Morgan fingerprint density at radius 2 is 1.76 bits per heavy atom. The Morgan fingerprint density at radius 3 is 2.24 bits per heavy atom. The van der Waals surface area contributed by atoms with Gasteiger partial charge in [0.1, 0.15) is 6.10 Å². The molecule has 1 aliphatic heterocycles. The maximum atomic E-state index is 11.0. The van der Waals surface area contributed by atoms with Crippen molar-refractivity contribution in [1.29, 1.82) is 0 Å². The van der Waals surface area contributed by atoms with Gasteiger partial charge in [-0.2, -0.15) is 0 Å². The number of hydrogen-bond acceptors (Lipinski definition) is 6. The molecule has 1 aliphatic rings. The van der Waals surface area contributed by atoms with Crippen LogP contribution in [0.4, 0.5) is 0 Å². The van der Waals surface area contributed by atoms with Crippen molar-refractivity contribution in [3.05, 3.63) is 0 Å². The summed E-state index contributed by atoms with van der Waals surface area (Å²) in [6.45, 7) is 4.44. The van der Waals surface area contributed by atoms with E-state index in [2.05, 4.69) is 0 Å². The highest BCUT2D eigenvalue weighted by Crippen LogP contribution is 2.25. The van der Waals surface area contributed by atoms with Gasteiger partial charge in [-0.1, -0.05) is 0 Å². The van der Waals surface area contributed by atoms with Crippen LogP contribution in [0, 0.1) is 0 Å². The summed E-state index contributed by atoms with van der Waals surface area (Å²) >= 11 is 0. The molecule has 17 heavy (non-hydrogen) atoms. The Morgan fingerprint density at radius 1 is 1.18 bits per heavy atom. The molecule has 0 amide bonds. The Hall–Kier alpha value is -1.14. The van der Waals surface area contributed by atoms with Gasteiger partial charge in [-0.3, -0.25) is 9.59 Å². The van der Waals surface area contributed by atoms with Crippen LogP contribution in [-0.4, -0.2) is 43.7 Å². The SMILES string of the molecule is CO[C@H]1O[C@H](C)C[C@H](OC(C)=O)[C@H]1OC(C)=O. The Balaban J connectivity index is 2.78. The molecule has 0 saturated carbocycles. The minimum Gasteiger partial charge on any atom is -0.458 e. The summed E-state index contributed by atoms with van der Waals surface area (Å²) in [7, 11) is 1.45. The van der Waals surface area contributed by atoms with Crippen LogP contribution >= 0.6 is 0 Å². The van der Waals surface area contributed by atoms with Gasteiger partial charge >= 0.3 is 11.9 Å². The first-order valence-electron chi connectivity index (χ1n) is 5.46. The monoisotopic (exact) mass is 246 g/mol. The Kier molecular flexibility index (Phi) is 4.89. The number of ether oxygens (including phenoxy) is 4. The zero-order valence-electron chi connectivity index (χ0n) is 10.5. The Bertz CT molecular complexity index is 290. The normalized spacial score (nSPS) is 32.9. The van der Waals surface area contributed by atoms with Gasteiger partial charge in [-0.25, -0.2) is 0 Å². The van der Waals surface area contributed by atoms with Crippen LogP contribution in [0.5, 0.6) is 0 Å². The summed E-state index contributed by atoms with van der Waals surface area (Å²) in [5.41, 5.74) is 0. The van der Waals surface area contributed by atoms with Crippen molar-refractivity contribution in [2.24, 2.45) is 0 Å². The molecule has 0 bridgehead atoms. The summed E-state index contributed by atoms with van der Waals surface area (Å²) in [6.07, 6.45) is -1.64. The summed E-state index contributed by atoms with van der Waals surface area (Å²) in [4.78, 5) is 22.0. The lowest BCUT2D eigenvalue weighted by Crippen LogP contribution is -2.51. The van der Waals surface area contributed by atoms with Crippen LogP contribution in [0.1, 0.15) is 27.2 Å². The van der Waals surface area contributed by atoms with Crippen molar-refractivity contribution in [1.82, 2.24) is 0 Å². The lowest BCUT2D eigenvalue weighted by Gasteiger charge is -2.38. The first-order valence-corrected chi connectivity index (χ1v) is 5.46. The molecule has 0 aromatic carbocycles. The molecular weight excluding hydrogens is 228 g/mol. The Labute approximate surface area is 100 Å². The van der Waals surface area contributed by atoms with Crippen molar-refractivity contribution >= 4 is 11.9 Å². The van der Waals surface area contributed by atoms with E-state index in [9.17, 15) is 9.59 Å². The van der Waals surface area contributed by atoms with Gasteiger partial charge in [0.15, 0.2) is 12.4 Å². The number of esters is 2. The second-order valence-electron chi connectivity index (χ2n) is 4.01. The molecule has 4 atom stereocenters. The predicted molar refractivity (Wildman–Crippen MR) is 57.1 cm³/mol. The zero-order chi connectivity index (χ0) is 13.0. The first kappa shape index (κ1) is 13.9. The number of methoxy groups -OCH3 is 1. The molecule has 0 aromatic heterocycles. The van der Waals surface area contributed by atoms with Gasteiger partial charge in [0.25, 0.3) is 0 Å². The first-order chi connectivity index (χ1) is 7.93. The second kappa shape index (κ2) is 5.97. The molecular formula is C11H18O6. The average molecular weight is 246 g/mol. The van der Waals surface area contributed by atoms with E-state index in [0.717, 1.165) is 0 Å². The fourth-order valence-electron chi connectivity index (χ4n) is 1.84.